The van der Waals surface area contributed by atoms with Crippen molar-refractivity contribution in [3.8, 4) is 0 Å². The smallest absolute Gasteiger partial charge is 0.180 e. The molecule has 1 aliphatic heterocycles. The van der Waals surface area contributed by atoms with E-state index in [2.05, 4.69) is 34.4 Å². The van der Waals surface area contributed by atoms with Gasteiger partial charge in [-0.15, -0.1) is 0 Å². The summed E-state index contributed by atoms with van der Waals surface area (Å²) in [7, 11) is 0. The zero-order valence-electron chi connectivity index (χ0n) is 12.0. The van der Waals surface area contributed by atoms with Crippen molar-refractivity contribution in [1.29, 1.82) is 0 Å². The molecule has 6 nitrogen and oxygen atoms in total. The Hall–Kier alpha value is -1.82. The Labute approximate surface area is 118 Å². The molecule has 0 radical (unpaired) electrons. The molecule has 1 aliphatic rings. The van der Waals surface area contributed by atoms with Crippen LogP contribution in [0.25, 0.3) is 5.65 Å². The van der Waals surface area contributed by atoms with Gasteiger partial charge in [0.05, 0.1) is 12.3 Å². The summed E-state index contributed by atoms with van der Waals surface area (Å²) in [5.41, 5.74) is 0.859. The minimum absolute atomic E-state index is 0.315. The molecule has 2 aromatic rings. The van der Waals surface area contributed by atoms with Crippen LogP contribution in [-0.2, 0) is 4.74 Å². The molecule has 0 aliphatic carbocycles. The minimum atomic E-state index is 0.315. The van der Waals surface area contributed by atoms with Crippen molar-refractivity contribution in [2.24, 2.45) is 5.92 Å². The number of nitrogens with one attached hydrogen (secondary N) is 2. The van der Waals surface area contributed by atoms with E-state index in [4.69, 9.17) is 4.74 Å². The van der Waals surface area contributed by atoms with Crippen LogP contribution in [-0.4, -0.2) is 40.2 Å². The van der Waals surface area contributed by atoms with Gasteiger partial charge in [0.15, 0.2) is 11.5 Å². The Balaban J connectivity index is 1.80. The highest BCUT2D eigenvalue weighted by molar-refractivity contribution is 5.65. The monoisotopic (exact) mass is 275 g/mol. The summed E-state index contributed by atoms with van der Waals surface area (Å²) in [6.45, 7) is 6.76. The Morgan fingerprint density at radius 1 is 1.45 bits per heavy atom. The summed E-state index contributed by atoms with van der Waals surface area (Å²) in [4.78, 5) is 8.97. The fourth-order valence-corrected chi connectivity index (χ4v) is 2.59. The van der Waals surface area contributed by atoms with Gasteiger partial charge in [0.25, 0.3) is 0 Å². The summed E-state index contributed by atoms with van der Waals surface area (Å²) in [6, 6.07) is 0. The molecule has 2 unspecified atom stereocenters. The fraction of sp³-hybridized carbons (Fsp3) is 0.571. The summed E-state index contributed by atoms with van der Waals surface area (Å²) in [5.74, 6) is 2.22. The summed E-state index contributed by atoms with van der Waals surface area (Å²) < 4.78 is 7.58. The molecule has 108 valence electrons. The van der Waals surface area contributed by atoms with Crippen LogP contribution in [0.5, 0.6) is 0 Å². The van der Waals surface area contributed by atoms with Gasteiger partial charge in [0.2, 0.25) is 0 Å². The standard InChI is InChI=1S/C14H21N5O/c1-3-15-12-9-19-6-5-16-14(19)13(18-12)17-8-11-4-7-20-10(11)2/h5-6,9-11,15H,3-4,7-8H2,1-2H3,(H,17,18). The summed E-state index contributed by atoms with van der Waals surface area (Å²) in [5, 5.41) is 6.67. The number of hydrogen-bond acceptors (Lipinski definition) is 5. The molecule has 20 heavy (non-hydrogen) atoms. The predicted molar refractivity (Wildman–Crippen MR) is 79.2 cm³/mol. The van der Waals surface area contributed by atoms with Crippen molar-refractivity contribution in [1.82, 2.24) is 14.4 Å². The van der Waals surface area contributed by atoms with E-state index in [-0.39, 0.29) is 0 Å². The topological polar surface area (TPSA) is 63.5 Å². The van der Waals surface area contributed by atoms with Gasteiger partial charge in [-0.25, -0.2) is 9.97 Å². The molecule has 2 N–H and O–H groups in total. The van der Waals surface area contributed by atoms with Gasteiger partial charge in [0.1, 0.15) is 5.82 Å². The second kappa shape index (κ2) is 5.66. The normalized spacial score (nSPS) is 22.3. The Morgan fingerprint density at radius 3 is 3.10 bits per heavy atom. The SMILES string of the molecule is CCNc1cn2ccnc2c(NCC2CCOC2C)n1. The average Bonchev–Trinajstić information content (AvgIpc) is 3.05. The third-order valence-electron chi connectivity index (χ3n) is 3.80. The predicted octanol–water partition coefficient (Wildman–Crippen LogP) is 2.00. The molecule has 0 amide bonds. The van der Waals surface area contributed by atoms with E-state index in [1.807, 2.05) is 16.8 Å². The van der Waals surface area contributed by atoms with Gasteiger partial charge in [-0.3, -0.25) is 0 Å². The lowest BCUT2D eigenvalue weighted by Crippen LogP contribution is -2.21. The number of rotatable bonds is 5. The molecule has 2 atom stereocenters. The van der Waals surface area contributed by atoms with Gasteiger partial charge in [0, 0.05) is 38.0 Å². The zero-order valence-corrected chi connectivity index (χ0v) is 12.0. The van der Waals surface area contributed by atoms with Crippen molar-refractivity contribution in [2.75, 3.05) is 30.3 Å². The fourth-order valence-electron chi connectivity index (χ4n) is 2.59. The summed E-state index contributed by atoms with van der Waals surface area (Å²) in [6.07, 6.45) is 7.10. The van der Waals surface area contributed by atoms with E-state index in [0.717, 1.165) is 43.4 Å². The maximum absolute atomic E-state index is 5.60. The van der Waals surface area contributed by atoms with Crippen LogP contribution in [0.4, 0.5) is 11.6 Å². The van der Waals surface area contributed by atoms with Crippen molar-refractivity contribution >= 4 is 17.3 Å². The molecule has 1 saturated heterocycles. The highest BCUT2D eigenvalue weighted by Crippen LogP contribution is 2.22. The molecule has 3 heterocycles. The highest BCUT2D eigenvalue weighted by Gasteiger charge is 2.24. The van der Waals surface area contributed by atoms with Crippen LogP contribution < -0.4 is 10.6 Å². The average molecular weight is 275 g/mol. The highest BCUT2D eigenvalue weighted by atomic mass is 16.5. The van der Waals surface area contributed by atoms with Gasteiger partial charge in [-0.2, -0.15) is 0 Å². The first-order chi connectivity index (χ1) is 9.78. The number of ether oxygens (including phenoxy) is 1. The second-order valence-electron chi connectivity index (χ2n) is 5.17. The minimum Gasteiger partial charge on any atom is -0.378 e. The third kappa shape index (κ3) is 2.56. The molecule has 1 fully saturated rings. The molecule has 0 bridgehead atoms. The number of anilines is 2. The Bertz CT molecular complexity index is 582. The van der Waals surface area contributed by atoms with Crippen LogP contribution >= 0.6 is 0 Å². The Kier molecular flexibility index (Phi) is 3.73. The maximum Gasteiger partial charge on any atom is 0.180 e. The summed E-state index contributed by atoms with van der Waals surface area (Å²) >= 11 is 0. The third-order valence-corrected chi connectivity index (χ3v) is 3.80. The number of aromatic nitrogens is 3. The van der Waals surface area contributed by atoms with Crippen molar-refractivity contribution in [2.45, 2.75) is 26.4 Å². The molecule has 0 spiro atoms. The molecule has 3 rings (SSSR count). The van der Waals surface area contributed by atoms with E-state index in [0.29, 0.717) is 12.0 Å². The first-order valence-corrected chi connectivity index (χ1v) is 7.21. The molecule has 0 saturated carbocycles. The van der Waals surface area contributed by atoms with Crippen LogP contribution in [0.3, 0.4) is 0 Å². The van der Waals surface area contributed by atoms with E-state index >= 15 is 0 Å². The van der Waals surface area contributed by atoms with Gasteiger partial charge in [-0.1, -0.05) is 0 Å². The lowest BCUT2D eigenvalue weighted by Gasteiger charge is -2.16. The lowest BCUT2D eigenvalue weighted by atomic mass is 10.0. The van der Waals surface area contributed by atoms with Crippen molar-refractivity contribution < 1.29 is 4.74 Å². The number of imidazole rings is 1. The number of hydrogen-bond donors (Lipinski definition) is 2. The molecule has 6 heteroatoms. The van der Waals surface area contributed by atoms with Gasteiger partial charge >= 0.3 is 0 Å². The van der Waals surface area contributed by atoms with Crippen molar-refractivity contribution in [3.05, 3.63) is 18.6 Å². The first-order valence-electron chi connectivity index (χ1n) is 7.21. The van der Waals surface area contributed by atoms with Crippen LogP contribution in [0.1, 0.15) is 20.3 Å². The van der Waals surface area contributed by atoms with E-state index in [9.17, 15) is 0 Å². The second-order valence-corrected chi connectivity index (χ2v) is 5.17. The van der Waals surface area contributed by atoms with Crippen LogP contribution in [0.2, 0.25) is 0 Å². The quantitative estimate of drug-likeness (QED) is 0.874. The van der Waals surface area contributed by atoms with E-state index in [1.54, 1.807) is 6.20 Å². The van der Waals surface area contributed by atoms with Gasteiger partial charge in [-0.05, 0) is 20.3 Å². The molecular formula is C14H21N5O. The van der Waals surface area contributed by atoms with E-state index < -0.39 is 0 Å². The van der Waals surface area contributed by atoms with Gasteiger partial charge < -0.3 is 19.8 Å². The van der Waals surface area contributed by atoms with Crippen molar-refractivity contribution in [3.63, 3.8) is 0 Å². The molecule has 0 aromatic carbocycles. The number of fused-ring (bicyclic) bond motifs is 1. The Morgan fingerprint density at radius 2 is 2.35 bits per heavy atom. The first kappa shape index (κ1) is 13.2. The van der Waals surface area contributed by atoms with Crippen LogP contribution in [0, 0.1) is 5.92 Å². The largest absolute Gasteiger partial charge is 0.378 e. The zero-order chi connectivity index (χ0) is 13.9. The maximum atomic E-state index is 5.60. The molecular weight excluding hydrogens is 254 g/mol. The molecule has 2 aromatic heterocycles. The van der Waals surface area contributed by atoms with Crippen LogP contribution in [0.15, 0.2) is 18.6 Å². The lowest BCUT2D eigenvalue weighted by molar-refractivity contribution is 0.108. The van der Waals surface area contributed by atoms with E-state index in [1.165, 1.54) is 0 Å². The number of nitrogens with zero attached hydrogens (tertiary/aromatic N) is 3.